The lowest BCUT2D eigenvalue weighted by atomic mass is 9.96. The van der Waals surface area contributed by atoms with E-state index < -0.39 is 11.7 Å². The van der Waals surface area contributed by atoms with Crippen molar-refractivity contribution in [3.05, 3.63) is 74.7 Å². The normalized spacial score (nSPS) is 17.1. The van der Waals surface area contributed by atoms with E-state index in [1.807, 2.05) is 4.90 Å². The van der Waals surface area contributed by atoms with Crippen LogP contribution in [-0.4, -0.2) is 76.8 Å². The number of amides is 2. The Balaban J connectivity index is 1.18. The highest BCUT2D eigenvalue weighted by molar-refractivity contribution is 7.07. The summed E-state index contributed by atoms with van der Waals surface area (Å²) in [4.78, 5) is 35.5. The van der Waals surface area contributed by atoms with E-state index >= 15 is 0 Å². The van der Waals surface area contributed by atoms with E-state index in [-0.39, 0.29) is 22.9 Å². The molecule has 0 aliphatic carbocycles. The molecule has 2 amide bonds. The highest BCUT2D eigenvalue weighted by Crippen LogP contribution is 2.38. The van der Waals surface area contributed by atoms with Gasteiger partial charge in [0.2, 0.25) is 0 Å². The highest BCUT2D eigenvalue weighted by atomic mass is 35.5. The Morgan fingerprint density at radius 3 is 2.35 bits per heavy atom. The number of nitrogens with zero attached hydrogens (tertiary/aromatic N) is 4. The van der Waals surface area contributed by atoms with E-state index in [1.54, 1.807) is 47.0 Å². The highest BCUT2D eigenvalue weighted by Gasteiger charge is 2.37. The van der Waals surface area contributed by atoms with E-state index in [1.165, 1.54) is 17.4 Å². The first-order valence-electron chi connectivity index (χ1n) is 11.8. The number of aromatic nitrogens is 1. The third kappa shape index (κ3) is 5.23. The van der Waals surface area contributed by atoms with E-state index in [9.17, 15) is 22.8 Å². The minimum atomic E-state index is -4.55. The molecule has 6 nitrogen and oxygen atoms in total. The van der Waals surface area contributed by atoms with Crippen LogP contribution in [0.15, 0.2) is 47.3 Å². The number of hydrogen-bond acceptors (Lipinski definition) is 5. The van der Waals surface area contributed by atoms with Crippen molar-refractivity contribution in [2.75, 3.05) is 39.3 Å². The number of thiazole rings is 1. The molecule has 1 aromatic heterocycles. The number of halogens is 4. The monoisotopic (exact) mass is 548 g/mol. The van der Waals surface area contributed by atoms with Crippen molar-refractivity contribution in [1.82, 2.24) is 19.7 Å². The maximum absolute atomic E-state index is 13.3. The predicted octanol–water partition coefficient (Wildman–Crippen LogP) is 5.07. The van der Waals surface area contributed by atoms with Crippen LogP contribution in [0.1, 0.15) is 32.0 Å². The third-order valence-corrected chi connectivity index (χ3v) is 7.89. The molecule has 5 rings (SSSR count). The van der Waals surface area contributed by atoms with Crippen LogP contribution >= 0.6 is 22.9 Å². The molecule has 2 aliphatic heterocycles. The zero-order chi connectivity index (χ0) is 26.3. The number of alkyl halides is 3. The second-order valence-corrected chi connectivity index (χ2v) is 10.4. The second-order valence-electron chi connectivity index (χ2n) is 9.29. The summed E-state index contributed by atoms with van der Waals surface area (Å²) in [5, 5.41) is 1.41. The standard InChI is InChI=1S/C26H24ClF3N4O2S/c1-16-10-18(2-4-20(16)17-3-5-22(27)21(11-17)26(28,29)30)24(35)34-12-19(13-34)32-6-8-33(9-7-32)25(36)23-14-37-15-31-23/h2-5,10-11,14-15,19H,6-9,12-13H2,1H3. The molecule has 194 valence electrons. The van der Waals surface area contributed by atoms with Crippen molar-refractivity contribution in [1.29, 1.82) is 0 Å². The molecule has 2 fully saturated rings. The number of benzene rings is 2. The summed E-state index contributed by atoms with van der Waals surface area (Å²) in [6.45, 7) is 5.73. The van der Waals surface area contributed by atoms with Crippen LogP contribution in [0.5, 0.6) is 0 Å². The van der Waals surface area contributed by atoms with Crippen molar-refractivity contribution >= 4 is 34.8 Å². The molecule has 0 saturated carbocycles. The molecule has 37 heavy (non-hydrogen) atoms. The van der Waals surface area contributed by atoms with Crippen LogP contribution in [0, 0.1) is 6.92 Å². The SMILES string of the molecule is Cc1cc(C(=O)N2CC(N3CCN(C(=O)c4cscn4)CC3)C2)ccc1-c1ccc(Cl)c(C(F)(F)F)c1. The first kappa shape index (κ1) is 25.7. The fraction of sp³-hybridized carbons (Fsp3) is 0.346. The Kier molecular flexibility index (Phi) is 6.99. The maximum Gasteiger partial charge on any atom is 0.417 e. The number of piperazine rings is 1. The topological polar surface area (TPSA) is 56.8 Å². The number of rotatable bonds is 4. The molecule has 0 spiro atoms. The largest absolute Gasteiger partial charge is 0.417 e. The number of carbonyl (C=O) groups excluding carboxylic acids is 2. The molecule has 2 saturated heterocycles. The van der Waals surface area contributed by atoms with Crippen LogP contribution in [0.3, 0.4) is 0 Å². The molecule has 0 atom stereocenters. The van der Waals surface area contributed by atoms with E-state index in [2.05, 4.69) is 9.88 Å². The predicted molar refractivity (Wildman–Crippen MR) is 136 cm³/mol. The Hall–Kier alpha value is -2.95. The number of hydrogen-bond donors (Lipinski definition) is 0. The van der Waals surface area contributed by atoms with Gasteiger partial charge in [0.05, 0.1) is 16.1 Å². The summed E-state index contributed by atoms with van der Waals surface area (Å²) >= 11 is 7.15. The van der Waals surface area contributed by atoms with Crippen LogP contribution in [0.2, 0.25) is 5.02 Å². The summed E-state index contributed by atoms with van der Waals surface area (Å²) in [7, 11) is 0. The van der Waals surface area contributed by atoms with E-state index in [0.717, 1.165) is 19.2 Å². The van der Waals surface area contributed by atoms with Crippen molar-refractivity contribution in [3.8, 4) is 11.1 Å². The molecular formula is C26H24ClF3N4O2S. The molecule has 11 heteroatoms. The Morgan fingerprint density at radius 2 is 1.73 bits per heavy atom. The van der Waals surface area contributed by atoms with Crippen LogP contribution < -0.4 is 0 Å². The van der Waals surface area contributed by atoms with Gasteiger partial charge in [-0.3, -0.25) is 14.5 Å². The fourth-order valence-corrected chi connectivity index (χ4v) is 5.59. The lowest BCUT2D eigenvalue weighted by Crippen LogP contribution is -2.64. The summed E-state index contributed by atoms with van der Waals surface area (Å²) in [6, 6.07) is 9.13. The van der Waals surface area contributed by atoms with Gasteiger partial charge in [0, 0.05) is 56.3 Å². The van der Waals surface area contributed by atoms with Crippen LogP contribution in [0.25, 0.3) is 11.1 Å². The fourth-order valence-electron chi connectivity index (χ4n) is 4.84. The molecule has 2 aromatic carbocycles. The van der Waals surface area contributed by atoms with Gasteiger partial charge in [-0.05, 0) is 47.9 Å². The van der Waals surface area contributed by atoms with Gasteiger partial charge in [0.25, 0.3) is 11.8 Å². The molecule has 0 unspecified atom stereocenters. The van der Waals surface area contributed by atoms with Crippen molar-refractivity contribution in [3.63, 3.8) is 0 Å². The van der Waals surface area contributed by atoms with Gasteiger partial charge in [-0.25, -0.2) is 4.98 Å². The number of likely N-dealkylation sites (tertiary alicyclic amines) is 1. The molecule has 0 radical (unpaired) electrons. The number of carbonyl (C=O) groups is 2. The zero-order valence-electron chi connectivity index (χ0n) is 20.0. The second kappa shape index (κ2) is 10.1. The quantitative estimate of drug-likeness (QED) is 0.457. The molecular weight excluding hydrogens is 525 g/mol. The van der Waals surface area contributed by atoms with Gasteiger partial charge in [0.1, 0.15) is 5.69 Å². The minimum absolute atomic E-state index is 0.0432. The summed E-state index contributed by atoms with van der Waals surface area (Å²) < 4.78 is 39.8. The van der Waals surface area contributed by atoms with Crippen LogP contribution in [-0.2, 0) is 6.18 Å². The lowest BCUT2D eigenvalue weighted by molar-refractivity contribution is -0.137. The third-order valence-electron chi connectivity index (χ3n) is 6.97. The lowest BCUT2D eigenvalue weighted by Gasteiger charge is -2.48. The van der Waals surface area contributed by atoms with Gasteiger partial charge in [-0.1, -0.05) is 23.7 Å². The van der Waals surface area contributed by atoms with Crippen molar-refractivity contribution in [2.24, 2.45) is 0 Å². The minimum Gasteiger partial charge on any atom is -0.335 e. The Morgan fingerprint density at radius 1 is 1.00 bits per heavy atom. The average molecular weight is 549 g/mol. The van der Waals surface area contributed by atoms with Gasteiger partial charge in [-0.2, -0.15) is 13.2 Å². The van der Waals surface area contributed by atoms with Gasteiger partial charge in [0.15, 0.2) is 0 Å². The van der Waals surface area contributed by atoms with Crippen molar-refractivity contribution < 1.29 is 22.8 Å². The Bertz CT molecular complexity index is 1320. The van der Waals surface area contributed by atoms with Crippen molar-refractivity contribution in [2.45, 2.75) is 19.1 Å². The van der Waals surface area contributed by atoms with Gasteiger partial charge < -0.3 is 9.80 Å². The van der Waals surface area contributed by atoms with Crippen LogP contribution in [0.4, 0.5) is 13.2 Å². The summed E-state index contributed by atoms with van der Waals surface area (Å²) in [5.74, 6) is -0.145. The summed E-state index contributed by atoms with van der Waals surface area (Å²) in [5.41, 5.74) is 3.47. The average Bonchev–Trinajstić information content (AvgIpc) is 3.38. The first-order chi connectivity index (χ1) is 17.6. The number of aryl methyl sites for hydroxylation is 1. The smallest absolute Gasteiger partial charge is 0.335 e. The molecule has 3 heterocycles. The van der Waals surface area contributed by atoms with E-state index in [0.29, 0.717) is 54.1 Å². The van der Waals surface area contributed by atoms with Gasteiger partial charge >= 0.3 is 6.18 Å². The maximum atomic E-state index is 13.3. The van der Waals surface area contributed by atoms with Gasteiger partial charge in [-0.15, -0.1) is 11.3 Å². The molecule has 2 aliphatic rings. The van der Waals surface area contributed by atoms with E-state index in [4.69, 9.17) is 11.6 Å². The first-order valence-corrected chi connectivity index (χ1v) is 13.1. The molecule has 0 bridgehead atoms. The molecule has 0 N–H and O–H groups in total. The zero-order valence-corrected chi connectivity index (χ0v) is 21.5. The molecule has 3 aromatic rings. The Labute approximate surface area is 221 Å². The summed E-state index contributed by atoms with van der Waals surface area (Å²) in [6.07, 6.45) is -4.55.